The van der Waals surface area contributed by atoms with Gasteiger partial charge in [0.2, 0.25) is 5.91 Å². The maximum atomic E-state index is 12.4. The number of hydrogen-bond donors (Lipinski definition) is 0. The van der Waals surface area contributed by atoms with Gasteiger partial charge in [-0.1, -0.05) is 0 Å². The number of esters is 3. The van der Waals surface area contributed by atoms with Crippen LogP contribution in [-0.2, 0) is 33.4 Å². The Morgan fingerprint density at radius 2 is 1.75 bits per heavy atom. The first-order valence-electron chi connectivity index (χ1n) is 8.08. The maximum absolute atomic E-state index is 12.4. The lowest BCUT2D eigenvalue weighted by Gasteiger charge is -2.50. The highest BCUT2D eigenvalue weighted by Crippen LogP contribution is 2.34. The zero-order chi connectivity index (χ0) is 17.9. The first kappa shape index (κ1) is 18.2. The molecule has 2 rings (SSSR count). The summed E-state index contributed by atoms with van der Waals surface area (Å²) in [5.74, 6) is -1.60. The van der Waals surface area contributed by atoms with E-state index in [0.29, 0.717) is 12.8 Å². The fourth-order valence-corrected chi connectivity index (χ4v) is 3.51. The highest BCUT2D eigenvalue weighted by molar-refractivity contribution is 5.78. The van der Waals surface area contributed by atoms with E-state index in [1.165, 1.54) is 20.8 Å². The average molecular weight is 341 g/mol. The molecular weight excluding hydrogens is 318 g/mol. The fraction of sp³-hybridized carbons (Fsp3) is 0.750. The third-order valence-corrected chi connectivity index (χ3v) is 4.29. The van der Waals surface area contributed by atoms with Crippen LogP contribution >= 0.6 is 0 Å². The molecule has 0 bridgehead atoms. The second-order valence-corrected chi connectivity index (χ2v) is 6.17. The molecule has 134 valence electrons. The average Bonchev–Trinajstić information content (AvgIpc) is 2.46. The van der Waals surface area contributed by atoms with E-state index in [4.69, 9.17) is 14.2 Å². The second-order valence-electron chi connectivity index (χ2n) is 6.17. The Balaban J connectivity index is 2.31. The summed E-state index contributed by atoms with van der Waals surface area (Å²) < 4.78 is 15.8. The van der Waals surface area contributed by atoms with Gasteiger partial charge in [-0.05, 0) is 12.8 Å². The number of amides is 1. The molecule has 0 saturated carbocycles. The van der Waals surface area contributed by atoms with Crippen molar-refractivity contribution in [1.82, 2.24) is 4.90 Å². The zero-order valence-corrected chi connectivity index (χ0v) is 14.1. The molecule has 24 heavy (non-hydrogen) atoms. The molecule has 0 aliphatic carbocycles. The maximum Gasteiger partial charge on any atom is 0.303 e. The first-order chi connectivity index (χ1) is 11.3. The van der Waals surface area contributed by atoms with Gasteiger partial charge in [0.05, 0.1) is 0 Å². The molecule has 0 N–H and O–H groups in total. The molecule has 0 aromatic carbocycles. The Bertz CT molecular complexity index is 533. The van der Waals surface area contributed by atoms with Gasteiger partial charge in [0.25, 0.3) is 0 Å². The lowest BCUT2D eigenvalue weighted by Crippen LogP contribution is -2.65. The van der Waals surface area contributed by atoms with Crippen LogP contribution in [0, 0.1) is 0 Å². The molecule has 0 aromatic rings. The van der Waals surface area contributed by atoms with Crippen molar-refractivity contribution in [3.05, 3.63) is 0 Å². The van der Waals surface area contributed by atoms with Gasteiger partial charge in [-0.2, -0.15) is 0 Å². The summed E-state index contributed by atoms with van der Waals surface area (Å²) in [6, 6.07) is -0.781. The molecule has 8 heteroatoms. The van der Waals surface area contributed by atoms with Crippen molar-refractivity contribution >= 4 is 23.8 Å². The standard InChI is InChI=1S/C16H23NO7/c1-9(18)22-8-13-16(24-11(3)20)14(23-10(2)19)7-12-5-4-6-15(21)17(12)13/h12-14,16H,4-8H2,1-3H3/t12-,13+,14-,16-/m1/s1. The molecule has 0 spiro atoms. The third kappa shape index (κ3) is 4.24. The van der Waals surface area contributed by atoms with Gasteiger partial charge < -0.3 is 19.1 Å². The van der Waals surface area contributed by atoms with Crippen LogP contribution in [0.15, 0.2) is 0 Å². The number of hydrogen-bond acceptors (Lipinski definition) is 7. The highest BCUT2D eigenvalue weighted by Gasteiger charge is 2.49. The Morgan fingerprint density at radius 3 is 2.33 bits per heavy atom. The minimum atomic E-state index is -0.857. The van der Waals surface area contributed by atoms with Crippen molar-refractivity contribution in [1.29, 1.82) is 0 Å². The van der Waals surface area contributed by atoms with Crippen LogP contribution in [0.3, 0.4) is 0 Å². The quantitative estimate of drug-likeness (QED) is 0.544. The van der Waals surface area contributed by atoms with Crippen molar-refractivity contribution < 1.29 is 33.4 Å². The largest absolute Gasteiger partial charge is 0.464 e. The van der Waals surface area contributed by atoms with Crippen molar-refractivity contribution in [2.24, 2.45) is 0 Å². The van der Waals surface area contributed by atoms with Gasteiger partial charge >= 0.3 is 17.9 Å². The Labute approximate surface area is 140 Å². The summed E-state index contributed by atoms with van der Waals surface area (Å²) in [5, 5.41) is 0. The predicted molar refractivity (Wildman–Crippen MR) is 80.6 cm³/mol. The summed E-state index contributed by atoms with van der Waals surface area (Å²) in [7, 11) is 0. The highest BCUT2D eigenvalue weighted by atomic mass is 16.6. The summed E-state index contributed by atoms with van der Waals surface area (Å²) in [6.45, 7) is 3.69. The number of ether oxygens (including phenoxy) is 3. The van der Waals surface area contributed by atoms with Crippen LogP contribution in [0.25, 0.3) is 0 Å². The lowest BCUT2D eigenvalue weighted by molar-refractivity contribution is -0.193. The first-order valence-corrected chi connectivity index (χ1v) is 8.08. The van der Waals surface area contributed by atoms with E-state index in [0.717, 1.165) is 12.8 Å². The van der Waals surface area contributed by atoms with Crippen LogP contribution in [0.4, 0.5) is 0 Å². The van der Waals surface area contributed by atoms with Crippen molar-refractivity contribution in [3.63, 3.8) is 0 Å². The van der Waals surface area contributed by atoms with E-state index in [2.05, 4.69) is 0 Å². The SMILES string of the molecule is CC(=O)OC[C@H]1[C@@H](OC(C)=O)[C@H](OC(C)=O)C[C@H]2CCCC(=O)N21. The number of carbonyl (C=O) groups is 4. The molecule has 0 aromatic heterocycles. The van der Waals surface area contributed by atoms with E-state index in [1.54, 1.807) is 4.90 Å². The summed E-state index contributed by atoms with van der Waals surface area (Å²) >= 11 is 0. The van der Waals surface area contributed by atoms with Crippen LogP contribution < -0.4 is 0 Å². The summed E-state index contributed by atoms with van der Waals surface area (Å²) in [5.41, 5.74) is 0. The second kappa shape index (κ2) is 7.63. The molecule has 2 aliphatic heterocycles. The Kier molecular flexibility index (Phi) is 5.80. The number of fused-ring (bicyclic) bond motifs is 1. The van der Waals surface area contributed by atoms with Gasteiger partial charge in [0.1, 0.15) is 18.8 Å². The molecule has 0 radical (unpaired) electrons. The van der Waals surface area contributed by atoms with Crippen LogP contribution in [0.5, 0.6) is 0 Å². The van der Waals surface area contributed by atoms with E-state index in [-0.39, 0.29) is 18.6 Å². The number of carbonyl (C=O) groups excluding carboxylic acids is 4. The third-order valence-electron chi connectivity index (χ3n) is 4.29. The van der Waals surface area contributed by atoms with Crippen LogP contribution in [0.2, 0.25) is 0 Å². The fourth-order valence-electron chi connectivity index (χ4n) is 3.51. The molecule has 4 atom stereocenters. The van der Waals surface area contributed by atoms with E-state index < -0.39 is 36.2 Å². The van der Waals surface area contributed by atoms with Crippen molar-refractivity contribution in [2.75, 3.05) is 6.61 Å². The van der Waals surface area contributed by atoms with E-state index in [1.807, 2.05) is 0 Å². The normalized spacial score (nSPS) is 29.5. The smallest absolute Gasteiger partial charge is 0.303 e. The Hall–Kier alpha value is -2.12. The summed E-state index contributed by atoms with van der Waals surface area (Å²) in [6.07, 6.45) is 0.805. The number of nitrogens with zero attached hydrogens (tertiary/aromatic N) is 1. The zero-order valence-electron chi connectivity index (χ0n) is 14.1. The van der Waals surface area contributed by atoms with E-state index >= 15 is 0 Å². The lowest BCUT2D eigenvalue weighted by atomic mass is 9.85. The van der Waals surface area contributed by atoms with Crippen LogP contribution in [0.1, 0.15) is 46.5 Å². The molecule has 2 heterocycles. The summed E-state index contributed by atoms with van der Waals surface area (Å²) in [4.78, 5) is 48.1. The van der Waals surface area contributed by atoms with Gasteiger partial charge in [0, 0.05) is 39.7 Å². The molecule has 2 aliphatic rings. The van der Waals surface area contributed by atoms with Crippen LogP contribution in [-0.4, -0.2) is 59.6 Å². The molecule has 1 amide bonds. The Morgan fingerprint density at radius 1 is 1.08 bits per heavy atom. The van der Waals surface area contributed by atoms with Crippen molar-refractivity contribution in [3.8, 4) is 0 Å². The van der Waals surface area contributed by atoms with Gasteiger partial charge in [-0.3, -0.25) is 19.2 Å². The topological polar surface area (TPSA) is 99.2 Å². The van der Waals surface area contributed by atoms with Crippen molar-refractivity contribution in [2.45, 2.75) is 70.7 Å². The molecule has 0 unspecified atom stereocenters. The molecular formula is C16H23NO7. The van der Waals surface area contributed by atoms with Gasteiger partial charge in [0.15, 0.2) is 6.10 Å². The van der Waals surface area contributed by atoms with E-state index in [9.17, 15) is 19.2 Å². The van der Waals surface area contributed by atoms with Gasteiger partial charge in [-0.15, -0.1) is 0 Å². The molecule has 8 nitrogen and oxygen atoms in total. The van der Waals surface area contributed by atoms with Gasteiger partial charge in [-0.25, -0.2) is 0 Å². The number of piperidine rings is 2. The monoisotopic (exact) mass is 341 g/mol. The minimum absolute atomic E-state index is 0.0678. The predicted octanol–water partition coefficient (Wildman–Crippen LogP) is 0.566. The molecule has 2 fully saturated rings. The minimum Gasteiger partial charge on any atom is -0.464 e. The number of rotatable bonds is 4. The molecule has 2 saturated heterocycles.